The minimum Gasteiger partial charge on any atom is -0.303 e. The highest BCUT2D eigenvalue weighted by atomic mass is 15.1. The van der Waals surface area contributed by atoms with Crippen LogP contribution in [0.25, 0.3) is 0 Å². The molecule has 3 rings (SSSR count). The summed E-state index contributed by atoms with van der Waals surface area (Å²) in [7, 11) is 2.29. The van der Waals surface area contributed by atoms with E-state index >= 15 is 0 Å². The largest absolute Gasteiger partial charge is 0.303 e. The van der Waals surface area contributed by atoms with Crippen LogP contribution in [0.1, 0.15) is 56.4 Å². The monoisotopic (exact) mass is 389 g/mol. The highest BCUT2D eigenvalue weighted by molar-refractivity contribution is 5.37. The molecule has 0 aromatic heterocycles. The summed E-state index contributed by atoms with van der Waals surface area (Å²) in [5, 5.41) is 0. The zero-order chi connectivity index (χ0) is 21.2. The van der Waals surface area contributed by atoms with Crippen molar-refractivity contribution in [3.8, 4) is 0 Å². The van der Waals surface area contributed by atoms with Gasteiger partial charge in [-0.05, 0) is 80.6 Å². The number of hydrogen-bond donors (Lipinski definition) is 0. The van der Waals surface area contributed by atoms with Crippen molar-refractivity contribution in [1.29, 1.82) is 0 Å². The molecule has 1 saturated heterocycles. The summed E-state index contributed by atoms with van der Waals surface area (Å²) in [6.07, 6.45) is 3.28. The van der Waals surface area contributed by atoms with Crippen LogP contribution in [0.3, 0.4) is 0 Å². The van der Waals surface area contributed by atoms with E-state index in [-0.39, 0.29) is 5.41 Å². The number of piperidine rings is 1. The van der Waals surface area contributed by atoms with Gasteiger partial charge < -0.3 is 4.90 Å². The Bertz CT molecular complexity index is 834. The molecule has 0 bridgehead atoms. The van der Waals surface area contributed by atoms with E-state index in [0.29, 0.717) is 17.9 Å². The van der Waals surface area contributed by atoms with E-state index in [0.717, 1.165) is 19.4 Å². The molecule has 1 heterocycles. The predicted octanol–water partition coefficient (Wildman–Crippen LogP) is 6.59. The van der Waals surface area contributed by atoms with Crippen LogP contribution in [-0.2, 0) is 18.3 Å². The molecule has 4 atom stereocenters. The van der Waals surface area contributed by atoms with Gasteiger partial charge in [0.05, 0.1) is 0 Å². The molecular formula is C28H39N. The molecule has 1 nitrogen and oxygen atoms in total. The summed E-state index contributed by atoms with van der Waals surface area (Å²) in [6, 6.07) is 18.6. The normalized spacial score (nSPS) is 26.3. The minimum atomic E-state index is 0.175. The predicted molar refractivity (Wildman–Crippen MR) is 127 cm³/mol. The highest BCUT2D eigenvalue weighted by Gasteiger charge is 2.47. The zero-order valence-electron chi connectivity index (χ0n) is 19.3. The first kappa shape index (κ1) is 21.8. The summed E-state index contributed by atoms with van der Waals surface area (Å²) in [5.41, 5.74) is 7.30. The van der Waals surface area contributed by atoms with Crippen molar-refractivity contribution in [3.63, 3.8) is 0 Å². The molecule has 1 heteroatoms. The Kier molecular flexibility index (Phi) is 6.69. The lowest BCUT2D eigenvalue weighted by atomic mass is 9.58. The van der Waals surface area contributed by atoms with Gasteiger partial charge in [0.1, 0.15) is 0 Å². The number of rotatable bonds is 6. The van der Waals surface area contributed by atoms with Crippen molar-refractivity contribution in [2.24, 2.45) is 11.8 Å². The fraction of sp³-hybridized carbons (Fsp3) is 0.500. The fourth-order valence-corrected chi connectivity index (χ4v) is 5.64. The van der Waals surface area contributed by atoms with E-state index in [1.54, 1.807) is 5.56 Å². The second kappa shape index (κ2) is 8.88. The molecule has 2 unspecified atom stereocenters. The zero-order valence-corrected chi connectivity index (χ0v) is 19.3. The van der Waals surface area contributed by atoms with Crippen LogP contribution in [0.5, 0.6) is 0 Å². The van der Waals surface area contributed by atoms with Crippen molar-refractivity contribution < 1.29 is 0 Å². The lowest BCUT2D eigenvalue weighted by Crippen LogP contribution is -2.55. The molecule has 0 N–H and O–H groups in total. The average molecular weight is 390 g/mol. The lowest BCUT2D eigenvalue weighted by Gasteiger charge is -2.53. The molecule has 0 saturated carbocycles. The maximum atomic E-state index is 4.59. The maximum absolute atomic E-state index is 4.59. The third kappa shape index (κ3) is 4.36. The van der Waals surface area contributed by atoms with E-state index in [2.05, 4.69) is 102 Å². The van der Waals surface area contributed by atoms with Crippen molar-refractivity contribution in [1.82, 2.24) is 4.90 Å². The quantitative estimate of drug-likeness (QED) is 0.504. The maximum Gasteiger partial charge on any atom is 0.0106 e. The number of aryl methyl sites for hydroxylation is 2. The van der Waals surface area contributed by atoms with Gasteiger partial charge in [-0.3, -0.25) is 0 Å². The Labute approximate surface area is 178 Å². The number of nitrogens with zero attached hydrogens (tertiary/aromatic N) is 1. The molecule has 0 aliphatic carbocycles. The molecule has 2 aromatic rings. The van der Waals surface area contributed by atoms with E-state index in [1.165, 1.54) is 28.7 Å². The first-order chi connectivity index (χ1) is 13.8. The van der Waals surface area contributed by atoms with Crippen molar-refractivity contribution in [3.05, 3.63) is 82.9 Å². The Balaban J connectivity index is 1.94. The van der Waals surface area contributed by atoms with Gasteiger partial charge in [-0.25, -0.2) is 0 Å². The van der Waals surface area contributed by atoms with Gasteiger partial charge >= 0.3 is 0 Å². The van der Waals surface area contributed by atoms with E-state index in [1.807, 2.05) is 0 Å². The SMILES string of the molecule is C=C(Cc1ccc(C)cc1)C(C)[C@H]1C(C)N(C)CC[C@]1(C)c1ccccc1CC. The van der Waals surface area contributed by atoms with E-state index in [9.17, 15) is 0 Å². The van der Waals surface area contributed by atoms with Crippen LogP contribution >= 0.6 is 0 Å². The summed E-state index contributed by atoms with van der Waals surface area (Å²) >= 11 is 0. The van der Waals surface area contributed by atoms with Crippen LogP contribution in [0, 0.1) is 18.8 Å². The average Bonchev–Trinajstić information content (AvgIpc) is 2.72. The summed E-state index contributed by atoms with van der Waals surface area (Å²) < 4.78 is 0. The molecule has 156 valence electrons. The Morgan fingerprint density at radius 2 is 1.83 bits per heavy atom. The molecule has 29 heavy (non-hydrogen) atoms. The minimum absolute atomic E-state index is 0.175. The molecule has 0 radical (unpaired) electrons. The van der Waals surface area contributed by atoms with Gasteiger partial charge in [0.2, 0.25) is 0 Å². The third-order valence-electron chi connectivity index (χ3n) is 7.68. The van der Waals surface area contributed by atoms with Crippen LogP contribution in [-0.4, -0.2) is 24.5 Å². The number of likely N-dealkylation sites (tertiary alicyclic amines) is 1. The second-order valence-corrected chi connectivity index (χ2v) is 9.53. The van der Waals surface area contributed by atoms with Gasteiger partial charge in [0, 0.05) is 6.04 Å². The molecular weight excluding hydrogens is 350 g/mol. The summed E-state index contributed by atoms with van der Waals surface area (Å²) in [6.45, 7) is 17.5. The third-order valence-corrected chi connectivity index (χ3v) is 7.68. The first-order valence-electron chi connectivity index (χ1n) is 11.3. The molecule has 1 fully saturated rings. The molecule has 2 aromatic carbocycles. The van der Waals surface area contributed by atoms with Crippen molar-refractivity contribution >= 4 is 0 Å². The number of benzene rings is 2. The standard InChI is InChI=1S/C28H39N/c1-8-25-11-9-10-12-26(25)28(6)17-18-29(7)23(5)27(28)22(4)21(3)19-24-15-13-20(2)14-16-24/h9-16,22-23,27H,3,8,17-19H2,1-2,4-7H3/t22?,23?,27-,28+/m0/s1. The summed E-state index contributed by atoms with van der Waals surface area (Å²) in [4.78, 5) is 2.55. The van der Waals surface area contributed by atoms with Crippen LogP contribution in [0.15, 0.2) is 60.7 Å². The van der Waals surface area contributed by atoms with Crippen molar-refractivity contribution in [2.45, 2.75) is 65.3 Å². The fourth-order valence-electron chi connectivity index (χ4n) is 5.64. The Morgan fingerprint density at radius 1 is 1.17 bits per heavy atom. The molecule has 1 aliphatic rings. The van der Waals surface area contributed by atoms with Gasteiger partial charge in [-0.15, -0.1) is 0 Å². The van der Waals surface area contributed by atoms with Crippen LogP contribution < -0.4 is 0 Å². The van der Waals surface area contributed by atoms with E-state index < -0.39 is 0 Å². The summed E-state index contributed by atoms with van der Waals surface area (Å²) in [5.74, 6) is 1.01. The van der Waals surface area contributed by atoms with E-state index in [4.69, 9.17) is 0 Å². The smallest absolute Gasteiger partial charge is 0.0106 e. The van der Waals surface area contributed by atoms with Gasteiger partial charge in [-0.1, -0.05) is 87.0 Å². The van der Waals surface area contributed by atoms with Crippen LogP contribution in [0.4, 0.5) is 0 Å². The Morgan fingerprint density at radius 3 is 2.48 bits per heavy atom. The van der Waals surface area contributed by atoms with Gasteiger partial charge in [0.25, 0.3) is 0 Å². The molecule has 1 aliphatic heterocycles. The topological polar surface area (TPSA) is 3.24 Å². The molecule has 0 spiro atoms. The van der Waals surface area contributed by atoms with Gasteiger partial charge in [0.15, 0.2) is 0 Å². The Hall–Kier alpha value is -1.86. The van der Waals surface area contributed by atoms with Crippen LogP contribution in [0.2, 0.25) is 0 Å². The second-order valence-electron chi connectivity index (χ2n) is 9.53. The van der Waals surface area contributed by atoms with Crippen molar-refractivity contribution in [2.75, 3.05) is 13.6 Å². The lowest BCUT2D eigenvalue weighted by molar-refractivity contribution is 0.0376. The number of allylic oxidation sites excluding steroid dienone is 1. The molecule has 0 amide bonds. The van der Waals surface area contributed by atoms with Gasteiger partial charge in [-0.2, -0.15) is 0 Å². The highest BCUT2D eigenvalue weighted by Crippen LogP contribution is 2.48. The first-order valence-corrected chi connectivity index (χ1v) is 11.3. The number of hydrogen-bond acceptors (Lipinski definition) is 1.